The van der Waals surface area contributed by atoms with Crippen molar-refractivity contribution >= 4 is 5.91 Å². The Hall–Kier alpha value is -2.27. The summed E-state index contributed by atoms with van der Waals surface area (Å²) < 4.78 is 13.5. The normalized spacial score (nSPS) is 20.7. The fourth-order valence-electron chi connectivity index (χ4n) is 3.00. The van der Waals surface area contributed by atoms with Crippen LogP contribution in [0.25, 0.3) is 0 Å². The summed E-state index contributed by atoms with van der Waals surface area (Å²) in [6.45, 7) is 2.17. The monoisotopic (exact) mass is 314 g/mol. The van der Waals surface area contributed by atoms with Crippen molar-refractivity contribution in [1.82, 2.24) is 9.88 Å². The van der Waals surface area contributed by atoms with Gasteiger partial charge in [-0.05, 0) is 42.7 Å². The maximum Gasteiger partial charge on any atom is 0.227 e. The number of likely N-dealkylation sites (tertiary alicyclic amines) is 1. The van der Waals surface area contributed by atoms with E-state index in [2.05, 4.69) is 4.98 Å². The molecule has 5 heteroatoms. The molecule has 2 aromatic rings. The number of aromatic nitrogens is 1. The Morgan fingerprint density at radius 3 is 2.91 bits per heavy atom. The first-order valence-electron chi connectivity index (χ1n) is 7.67. The van der Waals surface area contributed by atoms with Gasteiger partial charge in [0.2, 0.25) is 5.91 Å². The molecule has 3 rings (SSSR count). The van der Waals surface area contributed by atoms with Crippen LogP contribution in [0.2, 0.25) is 0 Å². The van der Waals surface area contributed by atoms with Gasteiger partial charge >= 0.3 is 0 Å². The molecule has 1 aromatic heterocycles. The molecular formula is C18H19FN2O2. The predicted octanol–water partition coefficient (Wildman–Crippen LogP) is 2.41. The molecule has 2 heterocycles. The number of rotatable bonds is 3. The summed E-state index contributed by atoms with van der Waals surface area (Å²) in [6.07, 6.45) is 1.77. The molecule has 1 saturated heterocycles. The highest BCUT2D eigenvalue weighted by molar-refractivity contribution is 5.79. The Bertz CT molecular complexity index is 702. The Balaban J connectivity index is 1.78. The minimum Gasteiger partial charge on any atom is -0.391 e. The van der Waals surface area contributed by atoms with E-state index in [-0.39, 0.29) is 30.7 Å². The molecule has 1 N–H and O–H groups in total. The number of aliphatic hydroxyl groups excluding tert-OH is 1. The van der Waals surface area contributed by atoms with E-state index >= 15 is 0 Å². The molecule has 0 bridgehead atoms. The van der Waals surface area contributed by atoms with Crippen molar-refractivity contribution in [2.24, 2.45) is 0 Å². The molecule has 0 saturated carbocycles. The first-order chi connectivity index (χ1) is 11.0. The van der Waals surface area contributed by atoms with E-state index in [1.54, 1.807) is 23.2 Å². The van der Waals surface area contributed by atoms with E-state index < -0.39 is 6.10 Å². The number of halogens is 1. The molecule has 1 aliphatic rings. The second-order valence-corrected chi connectivity index (χ2v) is 5.99. The molecule has 0 unspecified atom stereocenters. The summed E-state index contributed by atoms with van der Waals surface area (Å²) in [4.78, 5) is 18.4. The summed E-state index contributed by atoms with van der Waals surface area (Å²) in [5.41, 5.74) is 2.45. The smallest absolute Gasteiger partial charge is 0.227 e. The number of aryl methyl sites for hydroxylation is 1. The van der Waals surface area contributed by atoms with E-state index in [9.17, 15) is 14.3 Å². The van der Waals surface area contributed by atoms with Gasteiger partial charge in [0.1, 0.15) is 5.82 Å². The zero-order valence-corrected chi connectivity index (χ0v) is 12.9. The zero-order valence-electron chi connectivity index (χ0n) is 12.9. The lowest BCUT2D eigenvalue weighted by molar-refractivity contribution is -0.131. The number of carbonyl (C=O) groups is 1. The van der Waals surface area contributed by atoms with E-state index in [0.29, 0.717) is 6.42 Å². The van der Waals surface area contributed by atoms with Crippen LogP contribution in [0.15, 0.2) is 42.6 Å². The molecule has 1 fully saturated rings. The Morgan fingerprint density at radius 1 is 1.39 bits per heavy atom. The molecule has 4 nitrogen and oxygen atoms in total. The highest BCUT2D eigenvalue weighted by atomic mass is 19.1. The largest absolute Gasteiger partial charge is 0.391 e. The summed E-state index contributed by atoms with van der Waals surface area (Å²) in [6, 6.07) is 9.68. The third-order valence-electron chi connectivity index (χ3n) is 4.16. The van der Waals surface area contributed by atoms with Crippen LogP contribution in [0.3, 0.4) is 0 Å². The van der Waals surface area contributed by atoms with Crippen LogP contribution in [0.1, 0.15) is 29.3 Å². The van der Waals surface area contributed by atoms with E-state index in [1.165, 1.54) is 12.1 Å². The van der Waals surface area contributed by atoms with Crippen LogP contribution >= 0.6 is 0 Å². The van der Waals surface area contributed by atoms with Gasteiger partial charge in [0.25, 0.3) is 0 Å². The summed E-state index contributed by atoms with van der Waals surface area (Å²) in [5, 5.41) is 9.95. The van der Waals surface area contributed by atoms with Crippen LogP contribution < -0.4 is 0 Å². The minimum absolute atomic E-state index is 0.0820. The lowest BCUT2D eigenvalue weighted by Crippen LogP contribution is -2.33. The van der Waals surface area contributed by atoms with Gasteiger partial charge in [0, 0.05) is 18.4 Å². The van der Waals surface area contributed by atoms with Gasteiger partial charge in [-0.1, -0.05) is 18.2 Å². The van der Waals surface area contributed by atoms with E-state index in [0.717, 1.165) is 16.8 Å². The third kappa shape index (κ3) is 3.56. The number of hydrogen-bond donors (Lipinski definition) is 1. The molecule has 1 aliphatic heterocycles. The number of nitrogens with zero attached hydrogens (tertiary/aromatic N) is 2. The van der Waals surface area contributed by atoms with Crippen molar-refractivity contribution in [3.8, 4) is 0 Å². The molecule has 23 heavy (non-hydrogen) atoms. The average molecular weight is 314 g/mol. The van der Waals surface area contributed by atoms with Crippen molar-refractivity contribution in [3.63, 3.8) is 0 Å². The summed E-state index contributed by atoms with van der Waals surface area (Å²) in [5.74, 6) is -0.416. The fraction of sp³-hybridized carbons (Fsp3) is 0.333. The molecule has 0 spiro atoms. The number of aliphatic hydroxyl groups is 1. The first-order valence-corrected chi connectivity index (χ1v) is 7.67. The molecular weight excluding hydrogens is 295 g/mol. The lowest BCUT2D eigenvalue weighted by Gasteiger charge is -2.25. The predicted molar refractivity (Wildman–Crippen MR) is 84.2 cm³/mol. The lowest BCUT2D eigenvalue weighted by atomic mass is 10.0. The second kappa shape index (κ2) is 6.46. The van der Waals surface area contributed by atoms with Crippen LogP contribution in [-0.4, -0.2) is 33.5 Å². The fourth-order valence-corrected chi connectivity index (χ4v) is 3.00. The number of amides is 1. The third-order valence-corrected chi connectivity index (χ3v) is 4.16. The summed E-state index contributed by atoms with van der Waals surface area (Å²) in [7, 11) is 0. The quantitative estimate of drug-likeness (QED) is 0.946. The van der Waals surface area contributed by atoms with Crippen LogP contribution in [-0.2, 0) is 11.2 Å². The molecule has 0 aliphatic carbocycles. The van der Waals surface area contributed by atoms with Gasteiger partial charge in [-0.15, -0.1) is 0 Å². The number of carbonyl (C=O) groups excluding carboxylic acids is 1. The highest BCUT2D eigenvalue weighted by Crippen LogP contribution is 2.32. The van der Waals surface area contributed by atoms with Crippen molar-refractivity contribution < 1.29 is 14.3 Å². The molecule has 2 atom stereocenters. The maximum atomic E-state index is 13.5. The van der Waals surface area contributed by atoms with Crippen LogP contribution in [0.5, 0.6) is 0 Å². The Morgan fingerprint density at radius 2 is 2.22 bits per heavy atom. The average Bonchev–Trinajstić information content (AvgIpc) is 2.92. The summed E-state index contributed by atoms with van der Waals surface area (Å²) >= 11 is 0. The van der Waals surface area contributed by atoms with Crippen molar-refractivity contribution in [2.45, 2.75) is 31.9 Å². The molecule has 1 aromatic carbocycles. The van der Waals surface area contributed by atoms with Gasteiger partial charge in [0.05, 0.1) is 18.6 Å². The Kier molecular flexibility index (Phi) is 4.39. The SMILES string of the molecule is Cc1ccc(CC(=O)N2C[C@@H](O)C[C@H]2c2cccc(F)c2)cn1. The van der Waals surface area contributed by atoms with Crippen LogP contribution in [0, 0.1) is 12.7 Å². The second-order valence-electron chi connectivity index (χ2n) is 5.99. The van der Waals surface area contributed by atoms with Gasteiger partial charge in [-0.25, -0.2) is 4.39 Å². The zero-order chi connectivity index (χ0) is 16.4. The van der Waals surface area contributed by atoms with Crippen molar-refractivity contribution in [3.05, 3.63) is 65.2 Å². The minimum atomic E-state index is -0.580. The standard InChI is InChI=1S/C18H19FN2O2/c1-12-5-6-13(10-20-12)7-18(23)21-11-16(22)9-17(21)14-3-2-4-15(19)8-14/h2-6,8,10,16-17,22H,7,9,11H2,1H3/t16-,17-/m0/s1. The first kappa shape index (κ1) is 15.6. The van der Waals surface area contributed by atoms with Gasteiger partial charge in [-0.2, -0.15) is 0 Å². The Labute approximate surface area is 134 Å². The highest BCUT2D eigenvalue weighted by Gasteiger charge is 2.35. The van der Waals surface area contributed by atoms with E-state index in [1.807, 2.05) is 19.1 Å². The van der Waals surface area contributed by atoms with Gasteiger partial charge < -0.3 is 10.0 Å². The topological polar surface area (TPSA) is 53.4 Å². The number of hydrogen-bond acceptors (Lipinski definition) is 3. The maximum absolute atomic E-state index is 13.5. The number of benzene rings is 1. The molecule has 120 valence electrons. The van der Waals surface area contributed by atoms with Crippen LogP contribution in [0.4, 0.5) is 4.39 Å². The molecule has 1 amide bonds. The van der Waals surface area contributed by atoms with Gasteiger partial charge in [0.15, 0.2) is 0 Å². The van der Waals surface area contributed by atoms with Gasteiger partial charge in [-0.3, -0.25) is 9.78 Å². The van der Waals surface area contributed by atoms with Crippen molar-refractivity contribution in [1.29, 1.82) is 0 Å². The number of pyridine rings is 1. The van der Waals surface area contributed by atoms with E-state index in [4.69, 9.17) is 0 Å². The number of β-amino-alcohol motifs (C(OH)–C–C–N with tert-alkyl or cyclic N) is 1. The van der Waals surface area contributed by atoms with Crippen molar-refractivity contribution in [2.75, 3.05) is 6.54 Å². The molecule has 0 radical (unpaired) electrons.